The number of aromatic nitrogens is 2. The lowest BCUT2D eigenvalue weighted by Gasteiger charge is -2.13. The third kappa shape index (κ3) is 4.05. The molecule has 1 N–H and O–H groups in total. The van der Waals surface area contributed by atoms with Gasteiger partial charge in [0.15, 0.2) is 23.1 Å². The van der Waals surface area contributed by atoms with Crippen LogP contribution in [0.3, 0.4) is 0 Å². The Morgan fingerprint density at radius 3 is 2.24 bits per heavy atom. The largest absolute Gasteiger partial charge is 0.493 e. The number of ketones is 2. The topological polar surface area (TPSA) is 99.7 Å². The molecular formula is C26H24N2O6. The first-order valence-electron chi connectivity index (χ1n) is 10.6. The fourth-order valence-corrected chi connectivity index (χ4v) is 3.79. The second-order valence-corrected chi connectivity index (χ2v) is 7.32. The maximum absolute atomic E-state index is 13.4. The van der Waals surface area contributed by atoms with Crippen molar-refractivity contribution in [2.75, 3.05) is 27.9 Å². The van der Waals surface area contributed by atoms with E-state index < -0.39 is 0 Å². The maximum atomic E-state index is 13.4. The highest BCUT2D eigenvalue weighted by atomic mass is 16.5. The molecule has 0 radical (unpaired) electrons. The van der Waals surface area contributed by atoms with Crippen LogP contribution in [0, 0.1) is 0 Å². The van der Waals surface area contributed by atoms with E-state index in [-0.39, 0.29) is 11.6 Å². The summed E-state index contributed by atoms with van der Waals surface area (Å²) in [5.74, 6) is 1.03. The molecule has 0 spiro atoms. The maximum Gasteiger partial charge on any atom is 0.224 e. The molecular weight excluding hydrogens is 436 g/mol. The Bertz CT molecular complexity index is 1350. The van der Waals surface area contributed by atoms with E-state index in [4.69, 9.17) is 18.9 Å². The predicted molar refractivity (Wildman–Crippen MR) is 127 cm³/mol. The van der Waals surface area contributed by atoms with Crippen LogP contribution in [0.2, 0.25) is 0 Å². The number of aromatic amines is 1. The van der Waals surface area contributed by atoms with Gasteiger partial charge in [0.2, 0.25) is 11.6 Å². The molecule has 34 heavy (non-hydrogen) atoms. The Labute approximate surface area is 196 Å². The molecule has 0 saturated carbocycles. The van der Waals surface area contributed by atoms with Crippen LogP contribution < -0.4 is 18.9 Å². The SMILES string of the molecule is CCOc1ncccc1C(=O)c1ccc2c(C(=O)c3cc(OC)c(OC)c(OC)c3)c[nH]c2c1. The van der Waals surface area contributed by atoms with Crippen LogP contribution in [0.15, 0.2) is 54.9 Å². The minimum Gasteiger partial charge on any atom is -0.493 e. The van der Waals surface area contributed by atoms with Crippen LogP contribution >= 0.6 is 0 Å². The lowest BCUT2D eigenvalue weighted by Crippen LogP contribution is -2.07. The van der Waals surface area contributed by atoms with Crippen molar-refractivity contribution >= 4 is 22.5 Å². The number of methoxy groups -OCH3 is 3. The van der Waals surface area contributed by atoms with Gasteiger partial charge < -0.3 is 23.9 Å². The highest BCUT2D eigenvalue weighted by Gasteiger charge is 2.21. The number of carbonyl (C=O) groups is 2. The molecule has 8 heteroatoms. The molecule has 2 heterocycles. The van der Waals surface area contributed by atoms with E-state index in [1.54, 1.807) is 54.9 Å². The molecule has 0 bridgehead atoms. The lowest BCUT2D eigenvalue weighted by atomic mass is 9.99. The third-order valence-electron chi connectivity index (χ3n) is 5.41. The van der Waals surface area contributed by atoms with E-state index in [1.807, 2.05) is 6.92 Å². The molecule has 8 nitrogen and oxygen atoms in total. The fourth-order valence-electron chi connectivity index (χ4n) is 3.79. The summed E-state index contributed by atoms with van der Waals surface area (Å²) in [5.41, 5.74) is 2.33. The summed E-state index contributed by atoms with van der Waals surface area (Å²) in [5, 5.41) is 0.687. The van der Waals surface area contributed by atoms with Gasteiger partial charge in [-0.05, 0) is 37.3 Å². The van der Waals surface area contributed by atoms with Gasteiger partial charge in [0, 0.05) is 40.0 Å². The van der Waals surface area contributed by atoms with Crippen molar-refractivity contribution in [1.29, 1.82) is 0 Å². The number of hydrogen-bond donors (Lipinski definition) is 1. The zero-order valence-corrected chi connectivity index (χ0v) is 19.3. The van der Waals surface area contributed by atoms with E-state index in [0.29, 0.717) is 62.9 Å². The van der Waals surface area contributed by atoms with E-state index in [0.717, 1.165) is 0 Å². The minimum atomic E-state index is -0.226. The predicted octanol–water partition coefficient (Wildman–Crippen LogP) is 4.45. The first kappa shape index (κ1) is 22.8. The van der Waals surface area contributed by atoms with Crippen molar-refractivity contribution in [2.24, 2.45) is 0 Å². The number of benzene rings is 2. The van der Waals surface area contributed by atoms with Crippen molar-refractivity contribution in [3.05, 3.63) is 77.1 Å². The number of nitrogens with zero attached hydrogens (tertiary/aromatic N) is 1. The molecule has 0 aliphatic heterocycles. The first-order valence-corrected chi connectivity index (χ1v) is 10.6. The molecule has 0 amide bonds. The third-order valence-corrected chi connectivity index (χ3v) is 5.41. The summed E-state index contributed by atoms with van der Waals surface area (Å²) < 4.78 is 21.6. The molecule has 4 rings (SSSR count). The van der Waals surface area contributed by atoms with Crippen molar-refractivity contribution in [3.8, 4) is 23.1 Å². The normalized spacial score (nSPS) is 10.7. The van der Waals surface area contributed by atoms with E-state index >= 15 is 0 Å². The average Bonchev–Trinajstić information content (AvgIpc) is 3.30. The number of fused-ring (bicyclic) bond motifs is 1. The smallest absolute Gasteiger partial charge is 0.224 e. The Kier molecular flexibility index (Phi) is 6.49. The van der Waals surface area contributed by atoms with Crippen LogP contribution in [-0.2, 0) is 0 Å². The molecule has 0 aliphatic carbocycles. The number of H-pyrrole nitrogens is 1. The molecule has 0 atom stereocenters. The Morgan fingerprint density at radius 2 is 1.59 bits per heavy atom. The van der Waals surface area contributed by atoms with E-state index in [1.165, 1.54) is 21.3 Å². The second-order valence-electron chi connectivity index (χ2n) is 7.32. The van der Waals surface area contributed by atoms with Gasteiger partial charge in [-0.2, -0.15) is 0 Å². The summed E-state index contributed by atoms with van der Waals surface area (Å²) in [6, 6.07) is 11.7. The minimum absolute atomic E-state index is 0.217. The summed E-state index contributed by atoms with van der Waals surface area (Å²) in [6.45, 7) is 2.24. The average molecular weight is 460 g/mol. The number of hydrogen-bond acceptors (Lipinski definition) is 7. The lowest BCUT2D eigenvalue weighted by molar-refractivity contribution is 0.102. The summed E-state index contributed by atoms with van der Waals surface area (Å²) in [4.78, 5) is 33.7. The zero-order valence-electron chi connectivity index (χ0n) is 19.3. The quantitative estimate of drug-likeness (QED) is 0.368. The van der Waals surface area contributed by atoms with Crippen molar-refractivity contribution in [3.63, 3.8) is 0 Å². The van der Waals surface area contributed by atoms with Crippen molar-refractivity contribution in [1.82, 2.24) is 9.97 Å². The highest BCUT2D eigenvalue weighted by Crippen LogP contribution is 2.39. The van der Waals surface area contributed by atoms with Gasteiger partial charge in [-0.25, -0.2) is 4.98 Å². The molecule has 0 unspecified atom stereocenters. The number of pyridine rings is 1. The summed E-state index contributed by atoms with van der Waals surface area (Å²) in [6.07, 6.45) is 3.21. The van der Waals surface area contributed by atoms with Crippen LogP contribution in [-0.4, -0.2) is 49.5 Å². The van der Waals surface area contributed by atoms with Gasteiger partial charge in [-0.15, -0.1) is 0 Å². The summed E-state index contributed by atoms with van der Waals surface area (Å²) >= 11 is 0. The molecule has 4 aromatic rings. The molecule has 0 saturated heterocycles. The van der Waals surface area contributed by atoms with Gasteiger partial charge in [0.05, 0.1) is 33.5 Å². The number of carbonyl (C=O) groups excluding carboxylic acids is 2. The Hall–Kier alpha value is -4.33. The van der Waals surface area contributed by atoms with Crippen molar-refractivity contribution in [2.45, 2.75) is 6.92 Å². The molecule has 2 aromatic carbocycles. The van der Waals surface area contributed by atoms with Gasteiger partial charge in [0.25, 0.3) is 0 Å². The zero-order chi connectivity index (χ0) is 24.2. The Balaban J connectivity index is 1.71. The van der Waals surface area contributed by atoms with Gasteiger partial charge >= 0.3 is 0 Å². The van der Waals surface area contributed by atoms with E-state index in [9.17, 15) is 9.59 Å². The number of rotatable bonds is 9. The van der Waals surface area contributed by atoms with Gasteiger partial charge in [0.1, 0.15) is 0 Å². The molecule has 2 aromatic heterocycles. The molecule has 0 fully saturated rings. The van der Waals surface area contributed by atoms with E-state index in [2.05, 4.69) is 9.97 Å². The second kappa shape index (κ2) is 9.66. The van der Waals surface area contributed by atoms with Crippen LogP contribution in [0.25, 0.3) is 10.9 Å². The Morgan fingerprint density at radius 1 is 0.882 bits per heavy atom. The summed E-state index contributed by atoms with van der Waals surface area (Å²) in [7, 11) is 4.49. The van der Waals surface area contributed by atoms with Gasteiger partial charge in [-0.1, -0.05) is 12.1 Å². The monoisotopic (exact) mass is 460 g/mol. The fraction of sp³-hybridized carbons (Fsp3) is 0.192. The van der Waals surface area contributed by atoms with Crippen LogP contribution in [0.5, 0.6) is 23.1 Å². The number of nitrogens with one attached hydrogen (secondary N) is 1. The van der Waals surface area contributed by atoms with Gasteiger partial charge in [-0.3, -0.25) is 9.59 Å². The van der Waals surface area contributed by atoms with Crippen molar-refractivity contribution < 1.29 is 28.5 Å². The first-order chi connectivity index (χ1) is 16.5. The van der Waals surface area contributed by atoms with Crippen LogP contribution in [0.4, 0.5) is 0 Å². The standard InChI is InChI=1S/C26H24N2O6/c1-5-34-26-18(7-6-10-27-26)23(29)15-8-9-17-19(14-28-20(17)11-15)24(30)16-12-21(31-2)25(33-4)22(13-16)32-3/h6-14,28H,5H2,1-4H3. The molecule has 0 aliphatic rings. The molecule has 174 valence electrons. The highest BCUT2D eigenvalue weighted by molar-refractivity contribution is 6.18. The number of ether oxygens (including phenoxy) is 4. The van der Waals surface area contributed by atoms with Crippen LogP contribution in [0.1, 0.15) is 38.8 Å².